The molecule has 2 atom stereocenters. The molecule has 0 radical (unpaired) electrons. The first-order valence-corrected chi connectivity index (χ1v) is 5.47. The minimum absolute atomic E-state index is 0.0765. The third-order valence-corrected chi connectivity index (χ3v) is 3.13. The predicted molar refractivity (Wildman–Crippen MR) is 59.1 cm³/mol. The molecule has 3 nitrogen and oxygen atoms in total. The van der Waals surface area contributed by atoms with E-state index >= 15 is 0 Å². The summed E-state index contributed by atoms with van der Waals surface area (Å²) < 4.78 is 43.2. The van der Waals surface area contributed by atoms with Crippen molar-refractivity contribution in [3.63, 3.8) is 0 Å². The molecule has 0 aromatic heterocycles. The van der Waals surface area contributed by atoms with Gasteiger partial charge in [-0.1, -0.05) is 6.07 Å². The Kier molecular flexibility index (Phi) is 2.82. The lowest BCUT2D eigenvalue weighted by molar-refractivity contribution is -0.138. The van der Waals surface area contributed by atoms with Crippen LogP contribution in [-0.2, 0) is 6.18 Å². The number of aliphatic hydroxyl groups is 1. The summed E-state index contributed by atoms with van der Waals surface area (Å²) in [6, 6.07) is 2.35. The Hall–Kier alpha value is -1.27. The molecule has 1 heterocycles. The summed E-state index contributed by atoms with van der Waals surface area (Å²) in [5.41, 5.74) is 4.39. The van der Waals surface area contributed by atoms with E-state index in [1.807, 2.05) is 0 Å². The molecule has 0 bridgehead atoms. The van der Waals surface area contributed by atoms with Crippen molar-refractivity contribution in [1.29, 1.82) is 0 Å². The number of aliphatic hydroxyl groups excluding tert-OH is 1. The number of hydrogen-bond acceptors (Lipinski definition) is 3. The number of nitrogens with two attached hydrogens (primary N) is 1. The number of alkyl halides is 3. The first-order chi connectivity index (χ1) is 8.13. The lowest BCUT2D eigenvalue weighted by Crippen LogP contribution is -2.51. The van der Waals surface area contributed by atoms with Crippen molar-refractivity contribution < 1.29 is 23.0 Å². The number of hydrogen-bond donors (Lipinski definition) is 2. The van der Waals surface area contributed by atoms with E-state index in [1.54, 1.807) is 13.8 Å². The van der Waals surface area contributed by atoms with Gasteiger partial charge in [0.2, 0.25) is 0 Å². The maximum atomic E-state index is 12.6. The van der Waals surface area contributed by atoms with Crippen molar-refractivity contribution in [2.45, 2.75) is 37.8 Å². The molecule has 0 spiro atoms. The zero-order chi connectivity index (χ0) is 13.7. The molecule has 0 saturated heterocycles. The van der Waals surface area contributed by atoms with Crippen molar-refractivity contribution in [3.8, 4) is 5.75 Å². The van der Waals surface area contributed by atoms with Crippen LogP contribution in [0.5, 0.6) is 5.75 Å². The number of rotatable bonds is 0. The van der Waals surface area contributed by atoms with Gasteiger partial charge in [0.15, 0.2) is 0 Å². The Labute approximate surface area is 102 Å². The number of fused-ring (bicyclic) bond motifs is 1. The molecule has 1 aromatic carbocycles. The molecule has 1 aliphatic rings. The average molecular weight is 261 g/mol. The van der Waals surface area contributed by atoms with Crippen LogP contribution < -0.4 is 10.5 Å². The Balaban J connectivity index is 2.49. The van der Waals surface area contributed by atoms with Gasteiger partial charge in [0.1, 0.15) is 17.5 Å². The first-order valence-electron chi connectivity index (χ1n) is 5.47. The van der Waals surface area contributed by atoms with Crippen LogP contribution in [0.3, 0.4) is 0 Å². The van der Waals surface area contributed by atoms with Crippen molar-refractivity contribution in [2.75, 3.05) is 0 Å². The monoisotopic (exact) mass is 261 g/mol. The van der Waals surface area contributed by atoms with Gasteiger partial charge >= 0.3 is 6.18 Å². The molecule has 1 aromatic rings. The molecular formula is C12H14F3NO2. The molecule has 2 rings (SSSR count). The predicted octanol–water partition coefficient (Wildman–Crippen LogP) is 2.24. The van der Waals surface area contributed by atoms with Gasteiger partial charge in [-0.3, -0.25) is 0 Å². The van der Waals surface area contributed by atoms with Crippen LogP contribution in [0.25, 0.3) is 0 Å². The Bertz CT molecular complexity index is 471. The third kappa shape index (κ3) is 2.06. The van der Waals surface area contributed by atoms with Crippen LogP contribution in [0.4, 0.5) is 13.2 Å². The normalized spacial score (nSPS) is 26.4. The molecule has 0 aliphatic carbocycles. The van der Waals surface area contributed by atoms with Crippen LogP contribution in [0, 0.1) is 0 Å². The van der Waals surface area contributed by atoms with Crippen molar-refractivity contribution in [2.24, 2.45) is 5.73 Å². The number of benzene rings is 1. The molecule has 0 fully saturated rings. The fraction of sp³-hybridized carbons (Fsp3) is 0.500. The van der Waals surface area contributed by atoms with Crippen LogP contribution in [0.2, 0.25) is 0 Å². The van der Waals surface area contributed by atoms with E-state index < -0.39 is 29.5 Å². The van der Waals surface area contributed by atoms with Gasteiger partial charge in [0, 0.05) is 5.56 Å². The minimum Gasteiger partial charge on any atom is -0.485 e. The highest BCUT2D eigenvalue weighted by molar-refractivity contribution is 5.43. The number of ether oxygens (including phenoxy) is 1. The molecular weight excluding hydrogens is 247 g/mol. The van der Waals surface area contributed by atoms with Crippen LogP contribution in [0.1, 0.15) is 31.0 Å². The van der Waals surface area contributed by atoms with Gasteiger partial charge < -0.3 is 15.6 Å². The second kappa shape index (κ2) is 3.86. The minimum atomic E-state index is -4.43. The Morgan fingerprint density at radius 1 is 1.33 bits per heavy atom. The maximum Gasteiger partial charge on any atom is 0.416 e. The van der Waals surface area contributed by atoms with Crippen molar-refractivity contribution in [3.05, 3.63) is 29.3 Å². The molecule has 3 N–H and O–H groups in total. The second-order valence-electron chi connectivity index (χ2n) is 4.93. The highest BCUT2D eigenvalue weighted by Crippen LogP contribution is 2.41. The smallest absolute Gasteiger partial charge is 0.416 e. The van der Waals surface area contributed by atoms with E-state index in [2.05, 4.69) is 0 Å². The van der Waals surface area contributed by atoms with Gasteiger partial charge in [0.25, 0.3) is 0 Å². The van der Waals surface area contributed by atoms with Crippen LogP contribution in [0.15, 0.2) is 18.2 Å². The summed E-state index contributed by atoms with van der Waals surface area (Å²) in [7, 11) is 0. The molecule has 1 aliphatic heterocycles. The maximum absolute atomic E-state index is 12.6. The summed E-state index contributed by atoms with van der Waals surface area (Å²) >= 11 is 0. The average Bonchev–Trinajstić information content (AvgIpc) is 2.23. The quantitative estimate of drug-likeness (QED) is 0.753. The molecule has 0 amide bonds. The fourth-order valence-electron chi connectivity index (χ4n) is 2.02. The summed E-state index contributed by atoms with van der Waals surface area (Å²) in [6.07, 6.45) is -5.40. The highest BCUT2D eigenvalue weighted by Gasteiger charge is 2.42. The lowest BCUT2D eigenvalue weighted by atomic mass is 9.87. The molecule has 0 unspecified atom stereocenters. The largest absolute Gasteiger partial charge is 0.485 e. The van der Waals surface area contributed by atoms with E-state index in [0.29, 0.717) is 5.56 Å². The second-order valence-corrected chi connectivity index (χ2v) is 4.93. The summed E-state index contributed by atoms with van der Waals surface area (Å²) in [4.78, 5) is 0. The topological polar surface area (TPSA) is 55.5 Å². The standard InChI is InChI=1S/C12H14F3NO2/c1-11(2)10(17)9(16)7-4-3-6(12(13,14)15)5-8(7)18-11/h3-5,9-10,17H,16H2,1-2H3/t9-,10+/m0/s1. The summed E-state index contributed by atoms with van der Waals surface area (Å²) in [5, 5.41) is 9.91. The van der Waals surface area contributed by atoms with Crippen molar-refractivity contribution >= 4 is 0 Å². The zero-order valence-electron chi connectivity index (χ0n) is 9.95. The number of halogens is 3. The summed E-state index contributed by atoms with van der Waals surface area (Å²) in [6.45, 7) is 3.17. The van der Waals surface area contributed by atoms with E-state index in [4.69, 9.17) is 10.5 Å². The fourth-order valence-corrected chi connectivity index (χ4v) is 2.02. The Morgan fingerprint density at radius 3 is 2.50 bits per heavy atom. The zero-order valence-corrected chi connectivity index (χ0v) is 9.95. The molecule has 100 valence electrons. The van der Waals surface area contributed by atoms with E-state index in [1.165, 1.54) is 6.07 Å². The van der Waals surface area contributed by atoms with Crippen molar-refractivity contribution in [1.82, 2.24) is 0 Å². The first kappa shape index (κ1) is 13.2. The Morgan fingerprint density at radius 2 is 1.94 bits per heavy atom. The molecule has 0 saturated carbocycles. The van der Waals surface area contributed by atoms with Crippen LogP contribution >= 0.6 is 0 Å². The van der Waals surface area contributed by atoms with Crippen LogP contribution in [-0.4, -0.2) is 16.8 Å². The van der Waals surface area contributed by atoms with Gasteiger partial charge in [0.05, 0.1) is 11.6 Å². The lowest BCUT2D eigenvalue weighted by Gasteiger charge is -2.40. The van der Waals surface area contributed by atoms with E-state index in [0.717, 1.165) is 12.1 Å². The van der Waals surface area contributed by atoms with E-state index in [-0.39, 0.29) is 5.75 Å². The molecule has 18 heavy (non-hydrogen) atoms. The third-order valence-electron chi connectivity index (χ3n) is 3.13. The van der Waals surface area contributed by atoms with Gasteiger partial charge in [-0.2, -0.15) is 13.2 Å². The van der Waals surface area contributed by atoms with Gasteiger partial charge in [-0.25, -0.2) is 0 Å². The van der Waals surface area contributed by atoms with Gasteiger partial charge in [-0.15, -0.1) is 0 Å². The highest BCUT2D eigenvalue weighted by atomic mass is 19.4. The SMILES string of the molecule is CC1(C)Oc2cc(C(F)(F)F)ccc2[C@H](N)[C@H]1O. The van der Waals surface area contributed by atoms with E-state index in [9.17, 15) is 18.3 Å². The summed E-state index contributed by atoms with van der Waals surface area (Å²) in [5.74, 6) is 0.0765. The molecule has 6 heteroatoms. The van der Waals surface area contributed by atoms with Gasteiger partial charge in [-0.05, 0) is 26.0 Å².